The lowest BCUT2D eigenvalue weighted by Crippen LogP contribution is -2.43. The summed E-state index contributed by atoms with van der Waals surface area (Å²) in [4.78, 5) is 33.6. The van der Waals surface area contributed by atoms with E-state index in [-0.39, 0.29) is 17.0 Å². The molecule has 0 saturated heterocycles. The normalized spacial score (nSPS) is 18.2. The van der Waals surface area contributed by atoms with Crippen molar-refractivity contribution in [3.8, 4) is 0 Å². The van der Waals surface area contributed by atoms with Gasteiger partial charge < -0.3 is 15.0 Å². The third-order valence-electron chi connectivity index (χ3n) is 6.31. The van der Waals surface area contributed by atoms with Gasteiger partial charge in [-0.1, -0.05) is 11.6 Å². The Kier molecular flexibility index (Phi) is 7.38. The molecular formula is C23H27ClFN7O2. The number of carbonyl (C=O) groups is 1. The van der Waals surface area contributed by atoms with Gasteiger partial charge in [-0.25, -0.2) is 24.3 Å². The second-order valence-corrected chi connectivity index (χ2v) is 8.85. The Morgan fingerprint density at radius 2 is 1.91 bits per heavy atom. The minimum absolute atomic E-state index is 0.0197. The van der Waals surface area contributed by atoms with Crippen LogP contribution < -0.4 is 10.2 Å². The maximum atomic E-state index is 13.5. The molecule has 0 unspecified atom stereocenters. The van der Waals surface area contributed by atoms with E-state index in [4.69, 9.17) is 21.3 Å². The summed E-state index contributed by atoms with van der Waals surface area (Å²) in [5, 5.41) is 3.16. The van der Waals surface area contributed by atoms with E-state index in [1.807, 2.05) is 14.1 Å². The fraction of sp³-hybridized carbons (Fsp3) is 0.435. The minimum Gasteiger partial charge on any atom is -0.468 e. The molecule has 0 atom stereocenters. The third kappa shape index (κ3) is 5.34. The van der Waals surface area contributed by atoms with Crippen LogP contribution in [0.5, 0.6) is 0 Å². The number of nitrogens with zero attached hydrogens (tertiary/aromatic N) is 6. The zero-order valence-electron chi connectivity index (χ0n) is 19.3. The van der Waals surface area contributed by atoms with E-state index in [1.54, 1.807) is 12.3 Å². The lowest BCUT2D eigenvalue weighted by molar-refractivity contribution is -0.142. The van der Waals surface area contributed by atoms with Crippen molar-refractivity contribution >= 4 is 46.1 Å². The lowest BCUT2D eigenvalue weighted by atomic mass is 9.89. The topological polar surface area (TPSA) is 96.4 Å². The van der Waals surface area contributed by atoms with Crippen LogP contribution in [0.2, 0.25) is 5.02 Å². The van der Waals surface area contributed by atoms with Gasteiger partial charge in [-0.15, -0.1) is 0 Å². The highest BCUT2D eigenvalue weighted by molar-refractivity contribution is 6.31. The number of nitrogens with one attached hydrogen (secondary N) is 1. The highest BCUT2D eigenvalue weighted by Crippen LogP contribution is 2.29. The molecule has 2 aromatic heterocycles. The molecular weight excluding hydrogens is 461 g/mol. The molecule has 9 nitrogen and oxygen atoms in total. The lowest BCUT2D eigenvalue weighted by Gasteiger charge is -2.37. The van der Waals surface area contributed by atoms with Crippen LogP contribution in [0.3, 0.4) is 0 Å². The SMILES string of the molecule is COC(=O)CN(C)C1CCC(N(C)c2ncc3ncnc(Nc4ccc(F)c(Cl)c4)c3n2)CC1. The second kappa shape index (κ2) is 10.4. The molecule has 0 amide bonds. The number of benzene rings is 1. The first-order valence-corrected chi connectivity index (χ1v) is 11.4. The quantitative estimate of drug-likeness (QED) is 0.499. The van der Waals surface area contributed by atoms with Crippen molar-refractivity contribution in [2.75, 3.05) is 38.0 Å². The van der Waals surface area contributed by atoms with Gasteiger partial charge >= 0.3 is 5.97 Å². The van der Waals surface area contributed by atoms with Gasteiger partial charge in [0, 0.05) is 24.8 Å². The Morgan fingerprint density at radius 3 is 2.62 bits per heavy atom. The minimum atomic E-state index is -0.489. The van der Waals surface area contributed by atoms with Crippen molar-refractivity contribution in [1.82, 2.24) is 24.8 Å². The molecule has 0 bridgehead atoms. The van der Waals surface area contributed by atoms with Crippen LogP contribution in [0.15, 0.2) is 30.7 Å². The monoisotopic (exact) mass is 487 g/mol. The van der Waals surface area contributed by atoms with Gasteiger partial charge in [-0.3, -0.25) is 9.69 Å². The molecule has 180 valence electrons. The van der Waals surface area contributed by atoms with Crippen molar-refractivity contribution in [2.24, 2.45) is 0 Å². The van der Waals surface area contributed by atoms with Crippen LogP contribution in [-0.2, 0) is 9.53 Å². The van der Waals surface area contributed by atoms with Crippen LogP contribution in [0.25, 0.3) is 11.0 Å². The van der Waals surface area contributed by atoms with Crippen LogP contribution in [0.4, 0.5) is 21.8 Å². The van der Waals surface area contributed by atoms with E-state index < -0.39 is 5.82 Å². The van der Waals surface area contributed by atoms with Crippen molar-refractivity contribution < 1.29 is 13.9 Å². The van der Waals surface area contributed by atoms with Crippen LogP contribution in [0, 0.1) is 5.82 Å². The van der Waals surface area contributed by atoms with E-state index in [9.17, 15) is 9.18 Å². The van der Waals surface area contributed by atoms with Gasteiger partial charge in [-0.2, -0.15) is 0 Å². The number of halogens is 2. The van der Waals surface area contributed by atoms with Gasteiger partial charge in [0.2, 0.25) is 5.95 Å². The van der Waals surface area contributed by atoms with Crippen molar-refractivity contribution in [1.29, 1.82) is 0 Å². The molecule has 1 fully saturated rings. The molecule has 1 saturated carbocycles. The Bertz CT molecular complexity index is 1170. The molecule has 1 aromatic carbocycles. The third-order valence-corrected chi connectivity index (χ3v) is 6.60. The Morgan fingerprint density at radius 1 is 1.18 bits per heavy atom. The standard InChI is InChI=1S/C23H27ClFN7O2/c1-31(12-20(33)34-3)15-5-7-16(8-6-15)32(2)23-26-11-19-21(30-23)22(28-13-27-19)29-14-4-9-18(25)17(24)10-14/h4,9-11,13,15-16H,5-8,12H2,1-3H3,(H,27,28,29). The summed E-state index contributed by atoms with van der Waals surface area (Å²) in [7, 11) is 5.36. The molecule has 2 heterocycles. The van der Waals surface area contributed by atoms with Gasteiger partial charge in [0.25, 0.3) is 0 Å². The number of hydrogen-bond acceptors (Lipinski definition) is 9. The molecule has 1 aliphatic rings. The predicted octanol–water partition coefficient (Wildman–Crippen LogP) is 3.81. The highest BCUT2D eigenvalue weighted by Gasteiger charge is 2.28. The van der Waals surface area contributed by atoms with Crippen molar-refractivity contribution in [3.63, 3.8) is 0 Å². The molecule has 3 aromatic rings. The maximum Gasteiger partial charge on any atom is 0.319 e. The van der Waals surface area contributed by atoms with Crippen LogP contribution in [-0.4, -0.2) is 70.6 Å². The number of esters is 1. The van der Waals surface area contributed by atoms with Crippen LogP contribution in [0.1, 0.15) is 25.7 Å². The number of methoxy groups -OCH3 is 1. The largest absolute Gasteiger partial charge is 0.468 e. The second-order valence-electron chi connectivity index (χ2n) is 8.44. The van der Waals surface area contributed by atoms with E-state index in [1.165, 1.54) is 25.6 Å². The Hall–Kier alpha value is -3.11. The fourth-order valence-electron chi connectivity index (χ4n) is 4.26. The first-order valence-electron chi connectivity index (χ1n) is 11.1. The highest BCUT2D eigenvalue weighted by atomic mass is 35.5. The number of fused-ring (bicyclic) bond motifs is 1. The first kappa shape index (κ1) is 24.0. The summed E-state index contributed by atoms with van der Waals surface area (Å²) in [5.41, 5.74) is 1.75. The number of hydrogen-bond donors (Lipinski definition) is 1. The Labute approximate surface area is 202 Å². The summed E-state index contributed by atoms with van der Waals surface area (Å²) >= 11 is 5.91. The van der Waals surface area contributed by atoms with Crippen molar-refractivity contribution in [2.45, 2.75) is 37.8 Å². The average molecular weight is 488 g/mol. The van der Waals surface area contributed by atoms with E-state index in [0.29, 0.717) is 41.1 Å². The van der Waals surface area contributed by atoms with Gasteiger partial charge in [0.05, 0.1) is 24.9 Å². The van der Waals surface area contributed by atoms with E-state index in [0.717, 1.165) is 25.7 Å². The average Bonchev–Trinajstić information content (AvgIpc) is 2.85. The summed E-state index contributed by atoms with van der Waals surface area (Å²) in [6.07, 6.45) is 6.95. The molecule has 4 rings (SSSR count). The molecule has 1 aliphatic carbocycles. The number of anilines is 3. The van der Waals surface area contributed by atoms with Crippen molar-refractivity contribution in [3.05, 3.63) is 41.6 Å². The summed E-state index contributed by atoms with van der Waals surface area (Å²) < 4.78 is 18.3. The number of ether oxygens (including phenoxy) is 1. The zero-order chi connectivity index (χ0) is 24.2. The Balaban J connectivity index is 1.48. The molecule has 0 spiro atoms. The molecule has 0 radical (unpaired) electrons. The fourth-order valence-corrected chi connectivity index (χ4v) is 4.44. The number of rotatable bonds is 7. The summed E-state index contributed by atoms with van der Waals surface area (Å²) in [6.45, 7) is 0.296. The first-order chi connectivity index (χ1) is 16.4. The molecule has 11 heteroatoms. The zero-order valence-corrected chi connectivity index (χ0v) is 20.1. The van der Waals surface area contributed by atoms with Gasteiger partial charge in [0.15, 0.2) is 5.82 Å². The number of likely N-dealkylation sites (N-methyl/N-ethyl adjacent to an activating group) is 1. The summed E-state index contributed by atoms with van der Waals surface area (Å²) in [6, 6.07) is 4.99. The molecule has 34 heavy (non-hydrogen) atoms. The van der Waals surface area contributed by atoms with Gasteiger partial charge in [-0.05, 0) is 50.9 Å². The molecule has 1 N–H and O–H groups in total. The van der Waals surface area contributed by atoms with E-state index >= 15 is 0 Å². The van der Waals surface area contributed by atoms with Gasteiger partial charge in [0.1, 0.15) is 23.2 Å². The maximum absolute atomic E-state index is 13.5. The number of carbonyl (C=O) groups excluding carboxylic acids is 1. The van der Waals surface area contributed by atoms with E-state index in [2.05, 4.69) is 30.1 Å². The predicted molar refractivity (Wildman–Crippen MR) is 129 cm³/mol. The molecule has 0 aliphatic heterocycles. The van der Waals surface area contributed by atoms with Crippen LogP contribution >= 0.6 is 11.6 Å². The number of aromatic nitrogens is 4. The summed E-state index contributed by atoms with van der Waals surface area (Å²) in [5.74, 6) is 0.352. The smallest absolute Gasteiger partial charge is 0.319 e.